The number of carbonyl (C=O) groups excluding carboxylic acids is 2. The zero-order valence-corrected chi connectivity index (χ0v) is 17.3. The molecule has 1 N–H and O–H groups in total. The van der Waals surface area contributed by atoms with E-state index in [9.17, 15) is 9.59 Å². The molecule has 0 fully saturated rings. The molecular weight excluding hydrogens is 410 g/mol. The Morgan fingerprint density at radius 3 is 2.83 bits per heavy atom. The van der Waals surface area contributed by atoms with Gasteiger partial charge in [-0.25, -0.2) is 9.48 Å². The van der Waals surface area contributed by atoms with Gasteiger partial charge < -0.3 is 10.1 Å². The topological polar surface area (TPSA) is 99.0 Å². The van der Waals surface area contributed by atoms with Crippen LogP contribution in [0.5, 0.6) is 0 Å². The van der Waals surface area contributed by atoms with Gasteiger partial charge in [0.1, 0.15) is 0 Å². The zero-order valence-electron chi connectivity index (χ0n) is 15.6. The lowest BCUT2D eigenvalue weighted by molar-refractivity contribution is -0.137. The summed E-state index contributed by atoms with van der Waals surface area (Å²) in [6.07, 6.45) is 3.03. The van der Waals surface area contributed by atoms with Crippen LogP contribution in [0.3, 0.4) is 0 Å². The van der Waals surface area contributed by atoms with Crippen molar-refractivity contribution in [2.45, 2.75) is 18.6 Å². The Morgan fingerprint density at radius 2 is 2.10 bits per heavy atom. The SMILES string of the molecule is CCOC(=O)/C=C/c1ccc(NC(=O)CSc2nnnn2Cc2cccs2)cc1. The Balaban J connectivity index is 1.49. The highest BCUT2D eigenvalue weighted by atomic mass is 32.2. The number of rotatable bonds is 9. The van der Waals surface area contributed by atoms with Gasteiger partial charge in [-0.05, 0) is 52.6 Å². The predicted molar refractivity (Wildman–Crippen MR) is 113 cm³/mol. The lowest BCUT2D eigenvalue weighted by Gasteiger charge is -2.06. The first-order chi connectivity index (χ1) is 14.1. The van der Waals surface area contributed by atoms with Gasteiger partial charge in [0.05, 0.1) is 18.9 Å². The molecule has 29 heavy (non-hydrogen) atoms. The average Bonchev–Trinajstić information content (AvgIpc) is 3.38. The van der Waals surface area contributed by atoms with E-state index >= 15 is 0 Å². The number of benzene rings is 1. The maximum absolute atomic E-state index is 12.2. The molecule has 2 heterocycles. The molecule has 8 nitrogen and oxygen atoms in total. The van der Waals surface area contributed by atoms with E-state index in [0.717, 1.165) is 10.4 Å². The molecule has 0 aliphatic heterocycles. The molecule has 3 rings (SSSR count). The van der Waals surface area contributed by atoms with Crippen molar-refractivity contribution in [2.24, 2.45) is 0 Å². The molecule has 3 aromatic rings. The summed E-state index contributed by atoms with van der Waals surface area (Å²) in [4.78, 5) is 24.7. The third kappa shape index (κ3) is 6.54. The molecule has 0 bridgehead atoms. The van der Waals surface area contributed by atoms with E-state index in [4.69, 9.17) is 4.74 Å². The van der Waals surface area contributed by atoms with Crippen molar-refractivity contribution < 1.29 is 14.3 Å². The monoisotopic (exact) mass is 429 g/mol. The van der Waals surface area contributed by atoms with E-state index in [1.165, 1.54) is 17.8 Å². The highest BCUT2D eigenvalue weighted by Crippen LogP contribution is 2.18. The number of anilines is 1. The number of nitrogens with zero attached hydrogens (tertiary/aromatic N) is 4. The minimum Gasteiger partial charge on any atom is -0.463 e. The van der Waals surface area contributed by atoms with E-state index < -0.39 is 0 Å². The fraction of sp³-hybridized carbons (Fsp3) is 0.211. The number of hydrogen-bond acceptors (Lipinski definition) is 8. The Kier molecular flexibility index (Phi) is 7.54. The molecule has 0 aliphatic rings. The number of ether oxygens (including phenoxy) is 1. The molecule has 0 spiro atoms. The van der Waals surface area contributed by atoms with Crippen LogP contribution in [0.2, 0.25) is 0 Å². The number of thioether (sulfide) groups is 1. The molecule has 1 aromatic carbocycles. The lowest BCUT2D eigenvalue weighted by Crippen LogP contribution is -2.14. The number of nitrogens with one attached hydrogen (secondary N) is 1. The smallest absolute Gasteiger partial charge is 0.330 e. The molecule has 0 saturated carbocycles. The van der Waals surface area contributed by atoms with Crippen molar-refractivity contribution in [1.29, 1.82) is 0 Å². The Bertz CT molecular complexity index is 968. The second-order valence-electron chi connectivity index (χ2n) is 5.74. The van der Waals surface area contributed by atoms with Crippen molar-refractivity contribution in [3.05, 3.63) is 58.3 Å². The number of carbonyl (C=O) groups is 2. The van der Waals surface area contributed by atoms with Crippen LogP contribution in [0.1, 0.15) is 17.4 Å². The molecule has 0 saturated heterocycles. The van der Waals surface area contributed by atoms with Crippen LogP contribution in [-0.4, -0.2) is 44.4 Å². The average molecular weight is 430 g/mol. The largest absolute Gasteiger partial charge is 0.463 e. The first-order valence-electron chi connectivity index (χ1n) is 8.80. The van der Waals surface area contributed by atoms with Crippen molar-refractivity contribution in [3.63, 3.8) is 0 Å². The van der Waals surface area contributed by atoms with Crippen molar-refractivity contribution in [2.75, 3.05) is 17.7 Å². The molecule has 1 amide bonds. The minimum atomic E-state index is -0.386. The van der Waals surface area contributed by atoms with E-state index in [1.807, 2.05) is 17.5 Å². The summed E-state index contributed by atoms with van der Waals surface area (Å²) in [6.45, 7) is 2.67. The maximum atomic E-state index is 12.2. The molecule has 0 unspecified atom stereocenters. The van der Waals surface area contributed by atoms with E-state index in [0.29, 0.717) is 24.0 Å². The Morgan fingerprint density at radius 1 is 1.28 bits per heavy atom. The van der Waals surface area contributed by atoms with Crippen molar-refractivity contribution in [3.8, 4) is 0 Å². The minimum absolute atomic E-state index is 0.157. The van der Waals surface area contributed by atoms with Gasteiger partial charge in [-0.3, -0.25) is 4.79 Å². The van der Waals surface area contributed by atoms with Gasteiger partial charge in [0, 0.05) is 16.6 Å². The molecule has 0 radical (unpaired) electrons. The van der Waals surface area contributed by atoms with Gasteiger partial charge in [-0.2, -0.15) is 0 Å². The third-order valence-corrected chi connectivity index (χ3v) is 5.43. The lowest BCUT2D eigenvalue weighted by atomic mass is 10.2. The van der Waals surface area contributed by atoms with E-state index in [2.05, 4.69) is 20.8 Å². The number of hydrogen-bond donors (Lipinski definition) is 1. The number of amides is 1. The second-order valence-corrected chi connectivity index (χ2v) is 7.72. The van der Waals surface area contributed by atoms with Gasteiger partial charge in [-0.1, -0.05) is 30.0 Å². The number of thiophene rings is 1. The number of tetrazole rings is 1. The summed E-state index contributed by atoms with van der Waals surface area (Å²) >= 11 is 2.91. The van der Waals surface area contributed by atoms with Crippen LogP contribution in [0.4, 0.5) is 5.69 Å². The van der Waals surface area contributed by atoms with Gasteiger partial charge in [0.25, 0.3) is 0 Å². The van der Waals surface area contributed by atoms with Gasteiger partial charge in [0.2, 0.25) is 11.1 Å². The van der Waals surface area contributed by atoms with Crippen LogP contribution in [0, 0.1) is 0 Å². The maximum Gasteiger partial charge on any atom is 0.330 e. The highest BCUT2D eigenvalue weighted by Gasteiger charge is 2.11. The highest BCUT2D eigenvalue weighted by molar-refractivity contribution is 7.99. The van der Waals surface area contributed by atoms with Gasteiger partial charge >= 0.3 is 5.97 Å². The normalized spacial score (nSPS) is 10.9. The third-order valence-electron chi connectivity index (χ3n) is 3.61. The molecule has 0 atom stereocenters. The fourth-order valence-corrected chi connectivity index (χ4v) is 3.67. The molecule has 0 aliphatic carbocycles. The van der Waals surface area contributed by atoms with E-state index in [-0.39, 0.29) is 17.6 Å². The summed E-state index contributed by atoms with van der Waals surface area (Å²) in [7, 11) is 0. The van der Waals surface area contributed by atoms with Gasteiger partial charge in [0.15, 0.2) is 0 Å². The first-order valence-corrected chi connectivity index (χ1v) is 10.7. The number of aromatic nitrogens is 4. The zero-order chi connectivity index (χ0) is 20.5. The quantitative estimate of drug-likeness (QED) is 0.317. The first kappa shape index (κ1) is 20.7. The fourth-order valence-electron chi connectivity index (χ4n) is 2.31. The molecule has 150 valence electrons. The molecule has 10 heteroatoms. The van der Waals surface area contributed by atoms with Crippen LogP contribution in [0.15, 0.2) is 53.0 Å². The summed E-state index contributed by atoms with van der Waals surface area (Å²) in [5.41, 5.74) is 1.50. The predicted octanol–water partition coefficient (Wildman–Crippen LogP) is 3.09. The summed E-state index contributed by atoms with van der Waals surface area (Å²) < 4.78 is 6.51. The van der Waals surface area contributed by atoms with Crippen molar-refractivity contribution in [1.82, 2.24) is 20.2 Å². The molecule has 2 aromatic heterocycles. The van der Waals surface area contributed by atoms with Crippen molar-refractivity contribution >= 4 is 46.7 Å². The summed E-state index contributed by atoms with van der Waals surface area (Å²) in [5.74, 6) is -0.353. The number of esters is 1. The summed E-state index contributed by atoms with van der Waals surface area (Å²) in [5, 5.41) is 17.1. The Hall–Kier alpha value is -2.98. The van der Waals surface area contributed by atoms with Crippen LogP contribution in [0.25, 0.3) is 6.08 Å². The standard InChI is InChI=1S/C19H19N5O3S2/c1-2-27-18(26)10-7-14-5-8-15(9-6-14)20-17(25)13-29-19-21-22-23-24(19)12-16-4-3-11-28-16/h3-11H,2,12-13H2,1H3,(H,20,25)/b10-7+. The second kappa shape index (κ2) is 10.5. The van der Waals surface area contributed by atoms with Gasteiger partial charge in [-0.15, -0.1) is 16.4 Å². The van der Waals surface area contributed by atoms with Crippen LogP contribution >= 0.6 is 23.1 Å². The molecular formula is C19H19N5O3S2. The Labute approximate surface area is 176 Å². The van der Waals surface area contributed by atoms with Crippen LogP contribution in [-0.2, 0) is 20.9 Å². The van der Waals surface area contributed by atoms with E-state index in [1.54, 1.807) is 53.3 Å². The summed E-state index contributed by atoms with van der Waals surface area (Å²) in [6, 6.07) is 11.1. The van der Waals surface area contributed by atoms with Crippen LogP contribution < -0.4 is 5.32 Å².